The van der Waals surface area contributed by atoms with E-state index in [0.29, 0.717) is 10.8 Å². The lowest BCUT2D eigenvalue weighted by Gasteiger charge is -2.34. The van der Waals surface area contributed by atoms with Gasteiger partial charge in [0.1, 0.15) is 0 Å². The molecule has 0 spiro atoms. The Hall–Kier alpha value is 0. The second-order valence-electron chi connectivity index (χ2n) is 8.91. The van der Waals surface area contributed by atoms with Crippen LogP contribution in [0.25, 0.3) is 0 Å². The van der Waals surface area contributed by atoms with Gasteiger partial charge in [-0.15, -0.1) is 0 Å². The first kappa shape index (κ1) is 24.3. The van der Waals surface area contributed by atoms with Crippen LogP contribution in [0.1, 0.15) is 132 Å². The fourth-order valence-corrected chi connectivity index (χ4v) is 2.96. The molecule has 0 aromatic heterocycles. The molecule has 22 heavy (non-hydrogen) atoms. The van der Waals surface area contributed by atoms with Crippen LogP contribution in [0.5, 0.6) is 0 Å². The molecule has 0 amide bonds. The molecule has 0 aliphatic rings. The third-order valence-corrected chi connectivity index (χ3v) is 4.24. The van der Waals surface area contributed by atoms with Crippen molar-refractivity contribution < 1.29 is 0 Å². The van der Waals surface area contributed by atoms with Crippen molar-refractivity contribution in [2.24, 2.45) is 10.8 Å². The molecule has 0 radical (unpaired) electrons. The molecule has 0 aromatic carbocycles. The summed E-state index contributed by atoms with van der Waals surface area (Å²) in [6.07, 6.45) is 17.2. The van der Waals surface area contributed by atoms with Gasteiger partial charge in [-0.2, -0.15) is 0 Å². The first-order valence-corrected chi connectivity index (χ1v) is 10.2. The van der Waals surface area contributed by atoms with Crippen LogP contribution >= 0.6 is 0 Å². The molecule has 0 unspecified atom stereocenters. The highest BCUT2D eigenvalue weighted by molar-refractivity contribution is 4.79. The van der Waals surface area contributed by atoms with Crippen LogP contribution in [0, 0.1) is 10.8 Å². The van der Waals surface area contributed by atoms with Crippen LogP contribution < -0.4 is 0 Å². The summed E-state index contributed by atoms with van der Waals surface area (Å²) in [6.45, 7) is 18.1. The van der Waals surface area contributed by atoms with Crippen molar-refractivity contribution in [1.29, 1.82) is 0 Å². The fourth-order valence-electron chi connectivity index (χ4n) is 2.96. The van der Waals surface area contributed by atoms with Crippen LogP contribution in [0.3, 0.4) is 0 Å². The van der Waals surface area contributed by atoms with E-state index in [1.54, 1.807) is 0 Å². The molecule has 0 aromatic rings. The van der Waals surface area contributed by atoms with E-state index in [2.05, 4.69) is 55.4 Å². The third kappa shape index (κ3) is 18.1. The number of rotatable bonds is 12. The summed E-state index contributed by atoms with van der Waals surface area (Å²) >= 11 is 0. The van der Waals surface area contributed by atoms with E-state index in [1.807, 2.05) is 0 Å². The molecular weight excluding hydrogens is 264 g/mol. The van der Waals surface area contributed by atoms with Gasteiger partial charge in [0.15, 0.2) is 0 Å². The topological polar surface area (TPSA) is 0 Å². The second-order valence-corrected chi connectivity index (χ2v) is 8.91. The Morgan fingerprint density at radius 3 is 0.773 bits per heavy atom. The molecule has 0 saturated carbocycles. The Morgan fingerprint density at radius 2 is 0.636 bits per heavy atom. The van der Waals surface area contributed by atoms with Gasteiger partial charge in [0.25, 0.3) is 0 Å². The van der Waals surface area contributed by atoms with Crippen molar-refractivity contribution in [1.82, 2.24) is 0 Å². The number of hydrogen-bond acceptors (Lipinski definition) is 0. The Morgan fingerprint density at radius 1 is 0.455 bits per heavy atom. The molecule has 0 fully saturated rings. The summed E-state index contributed by atoms with van der Waals surface area (Å²) in [5.41, 5.74) is 1.21. The summed E-state index contributed by atoms with van der Waals surface area (Å²) in [7, 11) is 0. The van der Waals surface area contributed by atoms with Crippen molar-refractivity contribution >= 4 is 0 Å². The average Bonchev–Trinajstić information content (AvgIpc) is 2.44. The third-order valence-electron chi connectivity index (χ3n) is 4.24. The highest BCUT2D eigenvalue weighted by atomic mass is 14.3. The van der Waals surface area contributed by atoms with Gasteiger partial charge in [-0.1, -0.05) is 107 Å². The molecule has 0 heterocycles. The van der Waals surface area contributed by atoms with Crippen LogP contribution in [0.15, 0.2) is 0 Å². The van der Waals surface area contributed by atoms with E-state index >= 15 is 0 Å². The molecule has 0 atom stereocenters. The van der Waals surface area contributed by atoms with Gasteiger partial charge in [-0.3, -0.25) is 0 Å². The van der Waals surface area contributed by atoms with E-state index in [4.69, 9.17) is 0 Å². The minimum atomic E-state index is 0.500. The van der Waals surface area contributed by atoms with Gasteiger partial charge in [-0.25, -0.2) is 0 Å². The lowest BCUT2D eigenvalue weighted by molar-refractivity contribution is 0.177. The van der Waals surface area contributed by atoms with Crippen molar-refractivity contribution in [3.8, 4) is 0 Å². The Bertz CT molecular complexity index is 165. The van der Waals surface area contributed by atoms with Gasteiger partial charge < -0.3 is 0 Å². The monoisotopic (exact) mass is 312 g/mol. The first-order chi connectivity index (χ1) is 10.2. The normalized spacial score (nSPS) is 12.0. The molecule has 0 aliphatic heterocycles. The van der Waals surface area contributed by atoms with E-state index < -0.39 is 0 Å². The largest absolute Gasteiger partial charge is 0.0654 e. The number of hydrogen-bond donors (Lipinski definition) is 0. The average molecular weight is 313 g/mol. The maximum atomic E-state index is 2.34. The fraction of sp³-hybridized carbons (Fsp3) is 1.00. The smallest absolute Gasteiger partial charge is 0.0297 e. The second kappa shape index (κ2) is 14.6. The van der Waals surface area contributed by atoms with Crippen molar-refractivity contribution in [3.63, 3.8) is 0 Å². The van der Waals surface area contributed by atoms with E-state index in [-0.39, 0.29) is 0 Å². The summed E-state index contributed by atoms with van der Waals surface area (Å²) in [5, 5.41) is 0. The van der Waals surface area contributed by atoms with Crippen LogP contribution in [0.2, 0.25) is 0 Å². The maximum absolute atomic E-state index is 2.34. The van der Waals surface area contributed by atoms with Crippen molar-refractivity contribution in [3.05, 3.63) is 0 Å². The van der Waals surface area contributed by atoms with Gasteiger partial charge in [0.2, 0.25) is 0 Å². The van der Waals surface area contributed by atoms with E-state index in [1.165, 1.54) is 77.0 Å². The Labute approximate surface area is 143 Å². The summed E-state index contributed by atoms with van der Waals surface area (Å²) in [6, 6.07) is 0. The highest BCUT2D eigenvalue weighted by Crippen LogP contribution is 2.41. The molecule has 0 rings (SSSR count). The number of unbranched alkanes of at least 4 members (excludes halogenated alkanes) is 4. The van der Waals surface area contributed by atoms with Crippen molar-refractivity contribution in [2.45, 2.75) is 132 Å². The summed E-state index contributed by atoms with van der Waals surface area (Å²) < 4.78 is 0. The lowest BCUT2D eigenvalue weighted by Crippen LogP contribution is -2.21. The molecule has 0 aliphatic carbocycles. The summed E-state index contributed by atoms with van der Waals surface area (Å²) in [4.78, 5) is 0. The predicted molar refractivity (Wildman–Crippen MR) is 106 cm³/mol. The van der Waals surface area contributed by atoms with Gasteiger partial charge in [0, 0.05) is 0 Å². The summed E-state index contributed by atoms with van der Waals surface area (Å²) in [5.74, 6) is 0. The van der Waals surface area contributed by atoms with Crippen LogP contribution in [0.4, 0.5) is 0 Å². The van der Waals surface area contributed by atoms with E-state index in [0.717, 1.165) is 0 Å². The maximum Gasteiger partial charge on any atom is -0.0297 e. The SMILES string of the molecule is CC(C)(C)C.CCCCC(CCCC)(CCCC)CCCC. The molecular formula is C22H48. The minimum Gasteiger partial charge on any atom is -0.0654 e. The standard InChI is InChI=1S/C17H36.C5H12/c1-5-9-13-17(14-10-6-2,15-11-7-3)16-12-8-4;1-5(2,3)4/h5-16H2,1-4H3;1-4H3. The molecule has 0 bridgehead atoms. The highest BCUT2D eigenvalue weighted by Gasteiger charge is 2.27. The molecule has 0 heteroatoms. The Kier molecular flexibility index (Phi) is 16.1. The molecule has 0 nitrogen and oxygen atoms in total. The van der Waals surface area contributed by atoms with Gasteiger partial charge in [-0.05, 0) is 36.5 Å². The quantitative estimate of drug-likeness (QED) is 0.338. The van der Waals surface area contributed by atoms with Gasteiger partial charge in [0.05, 0.1) is 0 Å². The van der Waals surface area contributed by atoms with E-state index in [9.17, 15) is 0 Å². The molecule has 0 N–H and O–H groups in total. The molecule has 0 saturated heterocycles. The van der Waals surface area contributed by atoms with Crippen LogP contribution in [-0.4, -0.2) is 0 Å². The predicted octanol–water partition coefficient (Wildman–Crippen LogP) is 8.79. The Balaban J connectivity index is 0. The van der Waals surface area contributed by atoms with Gasteiger partial charge >= 0.3 is 0 Å². The zero-order valence-corrected chi connectivity index (χ0v) is 17.5. The minimum absolute atomic E-state index is 0.500. The van der Waals surface area contributed by atoms with Crippen molar-refractivity contribution in [2.75, 3.05) is 0 Å². The van der Waals surface area contributed by atoms with Crippen LogP contribution in [-0.2, 0) is 0 Å². The zero-order valence-electron chi connectivity index (χ0n) is 17.5. The first-order valence-electron chi connectivity index (χ1n) is 10.2. The molecule has 136 valence electrons. The lowest BCUT2D eigenvalue weighted by atomic mass is 9.71. The zero-order chi connectivity index (χ0) is 17.5.